The van der Waals surface area contributed by atoms with E-state index < -0.39 is 17.9 Å². The Hall–Kier alpha value is -2.60. The Morgan fingerprint density at radius 3 is 2.38 bits per heavy atom. The van der Waals surface area contributed by atoms with Crippen LogP contribution in [0, 0.1) is 20.8 Å². The van der Waals surface area contributed by atoms with Gasteiger partial charge in [-0.3, -0.25) is 9.59 Å². The molecule has 6 nitrogen and oxygen atoms in total. The van der Waals surface area contributed by atoms with Crippen LogP contribution in [-0.2, 0) is 9.59 Å². The van der Waals surface area contributed by atoms with Crippen LogP contribution in [0.15, 0.2) is 34.7 Å². The molecule has 6 heteroatoms. The molecule has 1 atom stereocenters. The summed E-state index contributed by atoms with van der Waals surface area (Å²) in [5.74, 6) is -0.0851. The summed E-state index contributed by atoms with van der Waals surface area (Å²) >= 11 is 0. The molecular formula is C18H22N2O4. The monoisotopic (exact) mass is 330 g/mol. The Bertz CT molecular complexity index is 719. The van der Waals surface area contributed by atoms with Gasteiger partial charge in [-0.2, -0.15) is 0 Å². The number of hydrogen-bond donors (Lipinski definition) is 3. The molecule has 0 bridgehead atoms. The zero-order valence-electron chi connectivity index (χ0n) is 14.1. The molecule has 0 fully saturated rings. The molecule has 0 aliphatic carbocycles. The molecule has 3 N–H and O–H groups in total. The lowest BCUT2D eigenvalue weighted by Gasteiger charge is -2.10. The highest BCUT2D eigenvalue weighted by Gasteiger charge is 2.17. The minimum absolute atomic E-state index is 0.186. The first-order chi connectivity index (χ1) is 11.4. The molecule has 0 radical (unpaired) electrons. The predicted octanol–water partition coefficient (Wildman–Crippen LogP) is 2.38. The van der Waals surface area contributed by atoms with E-state index in [9.17, 15) is 14.7 Å². The fraction of sp³-hybridized carbons (Fsp3) is 0.333. The van der Waals surface area contributed by atoms with Crippen LogP contribution in [-0.4, -0.2) is 23.5 Å². The first-order valence-corrected chi connectivity index (χ1v) is 7.77. The third-order valence-corrected chi connectivity index (χ3v) is 3.66. The summed E-state index contributed by atoms with van der Waals surface area (Å²) in [6.07, 6.45) is -0.452. The zero-order valence-corrected chi connectivity index (χ0v) is 14.1. The Balaban J connectivity index is 1.79. The van der Waals surface area contributed by atoms with Gasteiger partial charge in [0.1, 0.15) is 11.5 Å². The van der Waals surface area contributed by atoms with Gasteiger partial charge in [0, 0.05) is 17.8 Å². The van der Waals surface area contributed by atoms with Crippen LogP contribution in [0.25, 0.3) is 0 Å². The molecule has 1 aromatic heterocycles. The lowest BCUT2D eigenvalue weighted by Crippen LogP contribution is -2.36. The van der Waals surface area contributed by atoms with Gasteiger partial charge in [0.25, 0.3) is 0 Å². The summed E-state index contributed by atoms with van der Waals surface area (Å²) in [4.78, 5) is 23.6. The van der Waals surface area contributed by atoms with Crippen LogP contribution in [0.3, 0.4) is 0 Å². The van der Waals surface area contributed by atoms with Crippen LogP contribution in [0.5, 0.6) is 0 Å². The van der Waals surface area contributed by atoms with Crippen molar-refractivity contribution in [2.75, 3.05) is 11.9 Å². The van der Waals surface area contributed by atoms with E-state index in [-0.39, 0.29) is 6.54 Å². The molecule has 0 aliphatic heterocycles. The maximum absolute atomic E-state index is 11.8. The van der Waals surface area contributed by atoms with Crippen molar-refractivity contribution in [3.05, 3.63) is 53.0 Å². The minimum Gasteiger partial charge on any atom is -0.466 e. The highest BCUT2D eigenvalue weighted by Crippen LogP contribution is 2.23. The number of amides is 2. The molecule has 0 spiro atoms. The van der Waals surface area contributed by atoms with E-state index in [1.54, 1.807) is 32.0 Å². The number of aliphatic hydroxyl groups is 1. The molecule has 128 valence electrons. The average molecular weight is 330 g/mol. The van der Waals surface area contributed by atoms with E-state index in [0.29, 0.717) is 23.4 Å². The molecular weight excluding hydrogens is 308 g/mol. The lowest BCUT2D eigenvalue weighted by atomic mass is 10.1. The van der Waals surface area contributed by atoms with Crippen LogP contribution >= 0.6 is 0 Å². The second kappa shape index (κ2) is 7.79. The molecule has 2 amide bonds. The quantitative estimate of drug-likeness (QED) is 0.734. The first kappa shape index (κ1) is 17.7. The Morgan fingerprint density at radius 1 is 1.12 bits per heavy atom. The number of carbonyl (C=O) groups is 2. The van der Waals surface area contributed by atoms with Crippen molar-refractivity contribution in [1.29, 1.82) is 0 Å². The highest BCUT2D eigenvalue weighted by atomic mass is 16.3. The summed E-state index contributed by atoms with van der Waals surface area (Å²) in [7, 11) is 0. The zero-order chi connectivity index (χ0) is 17.7. The van der Waals surface area contributed by atoms with Crippen molar-refractivity contribution < 1.29 is 19.1 Å². The predicted molar refractivity (Wildman–Crippen MR) is 90.6 cm³/mol. The number of aliphatic hydroxyl groups excluding tert-OH is 1. The molecule has 24 heavy (non-hydrogen) atoms. The van der Waals surface area contributed by atoms with E-state index >= 15 is 0 Å². The van der Waals surface area contributed by atoms with E-state index in [4.69, 9.17) is 4.42 Å². The minimum atomic E-state index is -0.747. The van der Waals surface area contributed by atoms with Crippen molar-refractivity contribution >= 4 is 17.5 Å². The molecule has 1 unspecified atom stereocenters. The molecule has 2 rings (SSSR count). The summed E-state index contributed by atoms with van der Waals surface area (Å²) in [5.41, 5.74) is 2.33. The maximum atomic E-state index is 11.8. The fourth-order valence-corrected chi connectivity index (χ4v) is 2.36. The molecule has 1 aromatic carbocycles. The second-order valence-electron chi connectivity index (χ2n) is 5.75. The van der Waals surface area contributed by atoms with E-state index in [0.717, 1.165) is 11.3 Å². The summed E-state index contributed by atoms with van der Waals surface area (Å²) in [6.45, 7) is 5.71. The molecule has 1 heterocycles. The number of benzene rings is 1. The van der Waals surface area contributed by atoms with Gasteiger partial charge in [-0.1, -0.05) is 17.7 Å². The number of hydrogen-bond acceptors (Lipinski definition) is 4. The lowest BCUT2D eigenvalue weighted by molar-refractivity contribution is -0.136. The van der Waals surface area contributed by atoms with Gasteiger partial charge in [0.2, 0.25) is 0 Å². The average Bonchev–Trinajstić information content (AvgIpc) is 2.88. The van der Waals surface area contributed by atoms with Crippen molar-refractivity contribution in [1.82, 2.24) is 5.32 Å². The van der Waals surface area contributed by atoms with Crippen molar-refractivity contribution in [3.63, 3.8) is 0 Å². The van der Waals surface area contributed by atoms with Gasteiger partial charge in [0.15, 0.2) is 0 Å². The van der Waals surface area contributed by atoms with E-state index in [1.165, 1.54) is 0 Å². The van der Waals surface area contributed by atoms with Gasteiger partial charge in [-0.15, -0.1) is 0 Å². The summed E-state index contributed by atoms with van der Waals surface area (Å²) in [5, 5.41) is 15.1. The number of carbonyl (C=O) groups excluding carboxylic acids is 2. The fourth-order valence-electron chi connectivity index (χ4n) is 2.36. The first-order valence-electron chi connectivity index (χ1n) is 7.77. The van der Waals surface area contributed by atoms with Gasteiger partial charge in [-0.05, 0) is 45.4 Å². The highest BCUT2D eigenvalue weighted by molar-refractivity contribution is 6.39. The third-order valence-electron chi connectivity index (χ3n) is 3.66. The van der Waals surface area contributed by atoms with E-state index in [2.05, 4.69) is 10.6 Å². The van der Waals surface area contributed by atoms with Crippen LogP contribution in [0.4, 0.5) is 5.69 Å². The SMILES string of the molecule is Cc1ccc(NC(=O)C(=O)NCCC(O)c2cc(C)oc2C)cc1. The Morgan fingerprint density at radius 2 is 1.79 bits per heavy atom. The van der Waals surface area contributed by atoms with Gasteiger partial charge in [0.05, 0.1) is 6.10 Å². The van der Waals surface area contributed by atoms with Gasteiger partial charge >= 0.3 is 11.8 Å². The second-order valence-corrected chi connectivity index (χ2v) is 5.75. The largest absolute Gasteiger partial charge is 0.466 e. The Kier molecular flexibility index (Phi) is 5.76. The molecule has 0 saturated heterocycles. The van der Waals surface area contributed by atoms with E-state index in [1.807, 2.05) is 19.1 Å². The topological polar surface area (TPSA) is 91.6 Å². The third kappa shape index (κ3) is 4.70. The maximum Gasteiger partial charge on any atom is 0.313 e. The Labute approximate surface area is 140 Å². The molecule has 0 aliphatic rings. The number of aryl methyl sites for hydroxylation is 3. The van der Waals surface area contributed by atoms with Gasteiger partial charge in [-0.25, -0.2) is 0 Å². The molecule has 0 saturated carbocycles. The number of nitrogens with one attached hydrogen (secondary N) is 2. The number of furan rings is 1. The number of rotatable bonds is 5. The van der Waals surface area contributed by atoms with Crippen LogP contribution in [0.2, 0.25) is 0 Å². The van der Waals surface area contributed by atoms with Crippen molar-refractivity contribution in [2.45, 2.75) is 33.3 Å². The summed E-state index contributed by atoms with van der Waals surface area (Å²) in [6, 6.07) is 8.92. The standard InChI is InChI=1S/C18H22N2O4/c1-11-4-6-14(7-5-11)20-18(23)17(22)19-9-8-16(21)15-10-12(2)24-13(15)3/h4-7,10,16,21H,8-9H2,1-3H3,(H,19,22)(H,20,23). The van der Waals surface area contributed by atoms with Crippen LogP contribution < -0.4 is 10.6 Å². The van der Waals surface area contributed by atoms with Gasteiger partial charge < -0.3 is 20.2 Å². The molecule has 2 aromatic rings. The normalized spacial score (nSPS) is 11.8. The smallest absolute Gasteiger partial charge is 0.313 e. The van der Waals surface area contributed by atoms with Crippen LogP contribution in [0.1, 0.15) is 35.2 Å². The van der Waals surface area contributed by atoms with Crippen molar-refractivity contribution in [2.24, 2.45) is 0 Å². The summed E-state index contributed by atoms with van der Waals surface area (Å²) < 4.78 is 5.36. The number of anilines is 1. The van der Waals surface area contributed by atoms with Crippen molar-refractivity contribution in [3.8, 4) is 0 Å².